The third-order valence-electron chi connectivity index (χ3n) is 4.49. The second kappa shape index (κ2) is 7.07. The molecular weight excluding hydrogens is 391 g/mol. The van der Waals surface area contributed by atoms with E-state index in [1.807, 2.05) is 0 Å². The number of alkyl halides is 5. The van der Waals surface area contributed by atoms with Gasteiger partial charge in [-0.25, -0.2) is 8.78 Å². The van der Waals surface area contributed by atoms with Crippen molar-refractivity contribution in [1.29, 1.82) is 0 Å². The maximum Gasteiger partial charge on any atom is 0.417 e. The van der Waals surface area contributed by atoms with Crippen molar-refractivity contribution in [1.82, 2.24) is 10.3 Å². The van der Waals surface area contributed by atoms with Gasteiger partial charge in [-0.1, -0.05) is 29.8 Å². The molecule has 0 spiro atoms. The minimum Gasteiger partial charge on any atom is -0.349 e. The zero-order valence-electron chi connectivity index (χ0n) is 13.8. The number of hydrogen-bond donors (Lipinski definition) is 1. The highest BCUT2D eigenvalue weighted by Crippen LogP contribution is 2.44. The van der Waals surface area contributed by atoms with Crippen LogP contribution < -0.4 is 5.32 Å². The number of carbonyl (C=O) groups is 1. The van der Waals surface area contributed by atoms with Crippen molar-refractivity contribution in [2.75, 3.05) is 0 Å². The summed E-state index contributed by atoms with van der Waals surface area (Å²) >= 11 is 5.77. The Morgan fingerprint density at radius 2 is 2.04 bits per heavy atom. The molecule has 2 atom stereocenters. The molecule has 1 N–H and O–H groups in total. The van der Waals surface area contributed by atoms with Crippen molar-refractivity contribution < 1.29 is 26.7 Å². The summed E-state index contributed by atoms with van der Waals surface area (Å²) in [6.07, 6.45) is -5.44. The molecule has 2 aromatic rings. The summed E-state index contributed by atoms with van der Waals surface area (Å²) in [6.45, 7) is -0.401. The van der Waals surface area contributed by atoms with E-state index in [1.165, 1.54) is 24.4 Å². The molecule has 1 heterocycles. The predicted octanol–water partition coefficient (Wildman–Crippen LogP) is 5.04. The Morgan fingerprint density at radius 3 is 2.74 bits per heavy atom. The third kappa shape index (κ3) is 3.63. The SMILES string of the molecule is O=C(NCc1cccc(C(F)(F)F)c1Cl)[C@@]1(F)CC[C@H](F)c2ncccc21. The Labute approximate surface area is 156 Å². The molecule has 0 radical (unpaired) electrons. The van der Waals surface area contributed by atoms with Crippen molar-refractivity contribution in [3.63, 3.8) is 0 Å². The van der Waals surface area contributed by atoms with Crippen molar-refractivity contribution >= 4 is 17.5 Å². The second-order valence-electron chi connectivity index (χ2n) is 6.20. The number of carbonyl (C=O) groups excluding carboxylic acids is 1. The first-order valence-electron chi connectivity index (χ1n) is 8.06. The van der Waals surface area contributed by atoms with Gasteiger partial charge in [0.25, 0.3) is 5.91 Å². The third-order valence-corrected chi connectivity index (χ3v) is 4.93. The first-order valence-corrected chi connectivity index (χ1v) is 8.43. The van der Waals surface area contributed by atoms with Crippen LogP contribution in [0.3, 0.4) is 0 Å². The Morgan fingerprint density at radius 1 is 1.30 bits per heavy atom. The monoisotopic (exact) mass is 404 g/mol. The van der Waals surface area contributed by atoms with E-state index in [-0.39, 0.29) is 23.2 Å². The van der Waals surface area contributed by atoms with Crippen LogP contribution in [-0.4, -0.2) is 10.9 Å². The number of hydrogen-bond acceptors (Lipinski definition) is 2. The van der Waals surface area contributed by atoms with Gasteiger partial charge in [0.15, 0.2) is 0 Å². The molecule has 9 heteroatoms. The van der Waals surface area contributed by atoms with Crippen molar-refractivity contribution in [2.24, 2.45) is 0 Å². The number of amides is 1. The summed E-state index contributed by atoms with van der Waals surface area (Å²) in [5.74, 6) is -1.07. The van der Waals surface area contributed by atoms with Crippen LogP contribution in [-0.2, 0) is 23.2 Å². The van der Waals surface area contributed by atoms with Gasteiger partial charge in [-0.3, -0.25) is 9.78 Å². The van der Waals surface area contributed by atoms with Gasteiger partial charge in [-0.15, -0.1) is 0 Å². The molecule has 3 rings (SSSR count). The molecule has 1 aliphatic carbocycles. The fourth-order valence-electron chi connectivity index (χ4n) is 3.09. The van der Waals surface area contributed by atoms with Crippen LogP contribution in [0, 0.1) is 0 Å². The van der Waals surface area contributed by atoms with Gasteiger partial charge in [-0.05, 0) is 30.5 Å². The lowest BCUT2D eigenvalue weighted by molar-refractivity contribution is -0.137. The molecular formula is C18H14ClF5N2O. The maximum atomic E-state index is 15.4. The fraction of sp³-hybridized carbons (Fsp3) is 0.333. The number of nitrogens with zero attached hydrogens (tertiary/aromatic N) is 1. The first kappa shape index (κ1) is 19.5. The van der Waals surface area contributed by atoms with E-state index in [0.717, 1.165) is 12.1 Å². The van der Waals surface area contributed by atoms with Gasteiger partial charge >= 0.3 is 6.18 Å². The molecule has 0 saturated carbocycles. The molecule has 144 valence electrons. The lowest BCUT2D eigenvalue weighted by Crippen LogP contribution is -2.43. The quantitative estimate of drug-likeness (QED) is 0.728. The van der Waals surface area contributed by atoms with Crippen molar-refractivity contribution in [3.05, 3.63) is 63.9 Å². The van der Waals surface area contributed by atoms with Gasteiger partial charge in [-0.2, -0.15) is 13.2 Å². The van der Waals surface area contributed by atoms with Crippen LogP contribution >= 0.6 is 11.6 Å². The van der Waals surface area contributed by atoms with E-state index >= 15 is 4.39 Å². The largest absolute Gasteiger partial charge is 0.417 e. The smallest absolute Gasteiger partial charge is 0.349 e. The molecule has 1 aliphatic rings. The average Bonchev–Trinajstić information content (AvgIpc) is 2.63. The maximum absolute atomic E-state index is 15.4. The highest BCUT2D eigenvalue weighted by Gasteiger charge is 2.47. The Bertz CT molecular complexity index is 873. The molecule has 27 heavy (non-hydrogen) atoms. The topological polar surface area (TPSA) is 42.0 Å². The molecule has 1 aromatic heterocycles. The van der Waals surface area contributed by atoms with E-state index in [0.29, 0.717) is 0 Å². The van der Waals surface area contributed by atoms with E-state index in [9.17, 15) is 22.4 Å². The summed E-state index contributed by atoms with van der Waals surface area (Å²) in [5, 5.41) is 1.71. The normalized spacial score (nSPS) is 22.2. The van der Waals surface area contributed by atoms with Crippen LogP contribution in [0.5, 0.6) is 0 Å². The summed E-state index contributed by atoms with van der Waals surface area (Å²) in [5.41, 5.74) is -3.87. The van der Waals surface area contributed by atoms with E-state index in [4.69, 9.17) is 11.6 Å². The van der Waals surface area contributed by atoms with Gasteiger partial charge in [0.1, 0.15) is 6.17 Å². The van der Waals surface area contributed by atoms with E-state index in [1.54, 1.807) is 0 Å². The fourth-order valence-corrected chi connectivity index (χ4v) is 3.39. The van der Waals surface area contributed by atoms with Crippen molar-refractivity contribution in [3.8, 4) is 0 Å². The first-order chi connectivity index (χ1) is 12.6. The van der Waals surface area contributed by atoms with Gasteiger partial charge in [0.05, 0.1) is 16.3 Å². The lowest BCUT2D eigenvalue weighted by Gasteiger charge is -2.31. The molecule has 0 unspecified atom stereocenters. The standard InChI is InChI=1S/C18H14ClF5N2O/c19-14-10(3-1-4-11(14)18(22,23)24)9-26-16(27)17(21)7-6-13(20)15-12(17)5-2-8-25-15/h1-5,8,13H,6-7,9H2,(H,26,27)/t13-,17+/m0/s1. The minimum atomic E-state index is -4.65. The number of halogens is 6. The number of rotatable bonds is 3. The van der Waals surface area contributed by atoms with Crippen LogP contribution in [0.25, 0.3) is 0 Å². The Balaban J connectivity index is 1.82. The summed E-state index contributed by atoms with van der Waals surface area (Å²) in [6, 6.07) is 5.94. The van der Waals surface area contributed by atoms with Gasteiger partial charge < -0.3 is 5.32 Å². The Kier molecular flexibility index (Phi) is 5.12. The predicted molar refractivity (Wildman–Crippen MR) is 88.4 cm³/mol. The summed E-state index contributed by atoms with van der Waals surface area (Å²) < 4.78 is 68.1. The number of pyridine rings is 1. The second-order valence-corrected chi connectivity index (χ2v) is 6.58. The number of nitrogens with one attached hydrogen (secondary N) is 1. The van der Waals surface area contributed by atoms with E-state index < -0.39 is 47.5 Å². The molecule has 0 fully saturated rings. The molecule has 0 bridgehead atoms. The zero-order chi connectivity index (χ0) is 19.8. The summed E-state index contributed by atoms with van der Waals surface area (Å²) in [7, 11) is 0. The zero-order valence-corrected chi connectivity index (χ0v) is 14.5. The highest BCUT2D eigenvalue weighted by molar-refractivity contribution is 6.32. The lowest BCUT2D eigenvalue weighted by atomic mass is 9.81. The van der Waals surface area contributed by atoms with E-state index in [2.05, 4.69) is 10.3 Å². The van der Waals surface area contributed by atoms with Crippen molar-refractivity contribution in [2.45, 2.75) is 37.4 Å². The molecule has 3 nitrogen and oxygen atoms in total. The van der Waals surface area contributed by atoms with Gasteiger partial charge in [0, 0.05) is 18.3 Å². The Hall–Kier alpha value is -2.22. The number of fused-ring (bicyclic) bond motifs is 1. The number of aromatic nitrogens is 1. The van der Waals surface area contributed by atoms with Crippen LogP contribution in [0.2, 0.25) is 5.02 Å². The van der Waals surface area contributed by atoms with Crippen LogP contribution in [0.1, 0.15) is 41.4 Å². The minimum absolute atomic E-state index is 0.00553. The summed E-state index contributed by atoms with van der Waals surface area (Å²) in [4.78, 5) is 16.3. The van der Waals surface area contributed by atoms with Crippen LogP contribution in [0.4, 0.5) is 22.0 Å². The van der Waals surface area contributed by atoms with Crippen LogP contribution in [0.15, 0.2) is 36.5 Å². The average molecular weight is 405 g/mol. The molecule has 0 saturated heterocycles. The molecule has 0 aliphatic heterocycles. The molecule has 1 amide bonds. The highest BCUT2D eigenvalue weighted by atomic mass is 35.5. The van der Waals surface area contributed by atoms with Gasteiger partial charge in [0.2, 0.25) is 5.67 Å². The molecule has 1 aromatic carbocycles. The number of benzene rings is 1.